The molecule has 11 nitrogen and oxygen atoms in total. The van der Waals surface area contributed by atoms with Gasteiger partial charge >= 0.3 is 0 Å². The van der Waals surface area contributed by atoms with Gasteiger partial charge in [0.15, 0.2) is 5.11 Å². The van der Waals surface area contributed by atoms with Crippen molar-refractivity contribution in [3.8, 4) is 11.4 Å². The lowest BCUT2D eigenvalue weighted by Gasteiger charge is -2.29. The largest absolute Gasteiger partial charge is 0.495 e. The standard InChI is InChI=1S/C29H30N6O5S2/c1-17-14-20(9-11-23(17)32-42(5,38)39)34-28(27(31-29(34)41)24-8-6-7-13-30-24)22-15-18(2)33(19(22)3)25-16-21(35(36)37)10-12-26(25)40-4/h6-16,27-28,32H,1-5H3,(H,31,41)/t27-,28+/m1/s1. The normalized spacial score (nSPS) is 16.8. The number of ether oxygens (including phenoxy) is 1. The predicted molar refractivity (Wildman–Crippen MR) is 166 cm³/mol. The number of hydrogen-bond acceptors (Lipinski definition) is 7. The Kier molecular flexibility index (Phi) is 7.64. The first-order valence-electron chi connectivity index (χ1n) is 13.0. The fourth-order valence-corrected chi connectivity index (χ4v) is 6.46. The minimum absolute atomic E-state index is 0.0465. The SMILES string of the molecule is COc1ccc([N+](=O)[O-])cc1-n1c(C)cc([C@H]2[C@@H](c3ccccn3)NC(=S)N2c2ccc(NS(C)(=O)=O)c(C)c2)c1C. The molecular formula is C29H30N6O5S2. The van der Waals surface area contributed by atoms with Gasteiger partial charge in [-0.15, -0.1) is 0 Å². The molecule has 4 aromatic rings. The average Bonchev–Trinajstić information content (AvgIpc) is 3.43. The van der Waals surface area contributed by atoms with Crippen LogP contribution in [0.3, 0.4) is 0 Å². The highest BCUT2D eigenvalue weighted by Gasteiger charge is 2.42. The number of sulfonamides is 1. The molecule has 2 N–H and O–H groups in total. The van der Waals surface area contributed by atoms with Crippen molar-refractivity contribution < 1.29 is 18.1 Å². The van der Waals surface area contributed by atoms with Crippen LogP contribution in [0.4, 0.5) is 17.1 Å². The third kappa shape index (κ3) is 5.40. The van der Waals surface area contributed by atoms with Crippen molar-refractivity contribution in [3.63, 3.8) is 0 Å². The quantitative estimate of drug-likeness (QED) is 0.157. The first kappa shape index (κ1) is 29.0. The zero-order valence-corrected chi connectivity index (χ0v) is 25.3. The first-order valence-corrected chi connectivity index (χ1v) is 15.3. The maximum absolute atomic E-state index is 11.9. The molecule has 0 bridgehead atoms. The summed E-state index contributed by atoms with van der Waals surface area (Å²) < 4.78 is 33.8. The van der Waals surface area contributed by atoms with Gasteiger partial charge in [-0.25, -0.2) is 8.42 Å². The van der Waals surface area contributed by atoms with Gasteiger partial charge in [-0.1, -0.05) is 6.07 Å². The molecule has 218 valence electrons. The van der Waals surface area contributed by atoms with E-state index in [0.29, 0.717) is 22.2 Å². The van der Waals surface area contributed by atoms with Crippen LogP contribution in [0.2, 0.25) is 0 Å². The number of pyridine rings is 1. The van der Waals surface area contributed by atoms with Crippen molar-refractivity contribution in [2.45, 2.75) is 32.9 Å². The summed E-state index contributed by atoms with van der Waals surface area (Å²) in [6, 6.07) is 17.0. The van der Waals surface area contributed by atoms with Gasteiger partial charge in [-0.2, -0.15) is 0 Å². The molecule has 42 heavy (non-hydrogen) atoms. The fourth-order valence-electron chi connectivity index (χ4n) is 5.49. The van der Waals surface area contributed by atoms with Gasteiger partial charge in [0.05, 0.1) is 47.4 Å². The topological polar surface area (TPSA) is 132 Å². The summed E-state index contributed by atoms with van der Waals surface area (Å²) in [7, 11) is -1.92. The molecule has 2 aromatic carbocycles. The molecule has 2 atom stereocenters. The molecule has 0 amide bonds. The van der Waals surface area contributed by atoms with Crippen molar-refractivity contribution in [1.82, 2.24) is 14.9 Å². The Hall–Kier alpha value is -4.49. The van der Waals surface area contributed by atoms with Crippen LogP contribution < -0.4 is 19.7 Å². The molecule has 3 heterocycles. The molecule has 0 aliphatic carbocycles. The number of nitrogens with one attached hydrogen (secondary N) is 2. The summed E-state index contributed by atoms with van der Waals surface area (Å²) in [6.45, 7) is 5.72. The number of aryl methyl sites for hydroxylation is 2. The first-order chi connectivity index (χ1) is 19.9. The number of nitro benzene ring substituents is 1. The van der Waals surface area contributed by atoms with Crippen LogP contribution in [-0.2, 0) is 10.0 Å². The van der Waals surface area contributed by atoms with Crippen LogP contribution in [0.15, 0.2) is 66.9 Å². The summed E-state index contributed by atoms with van der Waals surface area (Å²) in [5.41, 5.74) is 5.90. The molecule has 1 saturated heterocycles. The smallest absolute Gasteiger partial charge is 0.271 e. The van der Waals surface area contributed by atoms with E-state index in [4.69, 9.17) is 17.0 Å². The van der Waals surface area contributed by atoms with Crippen LogP contribution in [0.5, 0.6) is 5.75 Å². The van der Waals surface area contributed by atoms with E-state index in [1.165, 1.54) is 19.2 Å². The number of hydrogen-bond donors (Lipinski definition) is 2. The van der Waals surface area contributed by atoms with Crippen LogP contribution in [-0.4, -0.2) is 41.4 Å². The third-order valence-corrected chi connectivity index (χ3v) is 8.19. The minimum atomic E-state index is -3.45. The van der Waals surface area contributed by atoms with Crippen molar-refractivity contribution in [3.05, 3.63) is 105 Å². The third-order valence-electron chi connectivity index (χ3n) is 7.28. The second kappa shape index (κ2) is 11.1. The van der Waals surface area contributed by atoms with E-state index in [1.54, 1.807) is 18.3 Å². The fraction of sp³-hybridized carbons (Fsp3) is 0.241. The van der Waals surface area contributed by atoms with Gasteiger partial charge in [-0.3, -0.25) is 19.8 Å². The Morgan fingerprint density at radius 3 is 2.48 bits per heavy atom. The number of nitrogens with zero attached hydrogens (tertiary/aromatic N) is 4. The van der Waals surface area contributed by atoms with Crippen LogP contribution in [0.25, 0.3) is 5.69 Å². The lowest BCUT2D eigenvalue weighted by atomic mass is 9.96. The highest BCUT2D eigenvalue weighted by atomic mass is 32.2. The number of non-ortho nitro benzene ring substituents is 1. The van der Waals surface area contributed by atoms with Gasteiger partial charge in [0.25, 0.3) is 5.69 Å². The maximum atomic E-state index is 11.9. The number of rotatable bonds is 8. The molecule has 0 unspecified atom stereocenters. The molecular weight excluding hydrogens is 576 g/mol. The van der Waals surface area contributed by atoms with Crippen molar-refractivity contribution in [2.24, 2.45) is 0 Å². The van der Waals surface area contributed by atoms with E-state index in [-0.39, 0.29) is 17.8 Å². The van der Waals surface area contributed by atoms with E-state index in [1.807, 2.05) is 66.6 Å². The highest BCUT2D eigenvalue weighted by molar-refractivity contribution is 7.92. The Bertz CT molecular complexity index is 1810. The summed E-state index contributed by atoms with van der Waals surface area (Å²) >= 11 is 5.88. The summed E-state index contributed by atoms with van der Waals surface area (Å²) in [4.78, 5) is 17.8. The summed E-state index contributed by atoms with van der Waals surface area (Å²) in [6.07, 6.45) is 2.84. The molecule has 1 fully saturated rings. The zero-order chi connectivity index (χ0) is 30.3. The lowest BCUT2D eigenvalue weighted by molar-refractivity contribution is -0.384. The Labute approximate surface area is 249 Å². The summed E-state index contributed by atoms with van der Waals surface area (Å²) in [5.74, 6) is 0.497. The van der Waals surface area contributed by atoms with E-state index >= 15 is 0 Å². The van der Waals surface area contributed by atoms with Crippen LogP contribution in [0, 0.1) is 30.9 Å². The van der Waals surface area contributed by atoms with Crippen LogP contribution >= 0.6 is 12.2 Å². The Balaban J connectivity index is 1.68. The second-order valence-electron chi connectivity index (χ2n) is 10.1. The van der Waals surface area contributed by atoms with Gasteiger partial charge in [0, 0.05) is 35.4 Å². The van der Waals surface area contributed by atoms with Gasteiger partial charge in [0.2, 0.25) is 10.0 Å². The van der Waals surface area contributed by atoms with Crippen LogP contribution in [0.1, 0.15) is 40.3 Å². The number of anilines is 2. The average molecular weight is 607 g/mol. The molecule has 13 heteroatoms. The maximum Gasteiger partial charge on any atom is 0.271 e. The van der Waals surface area contributed by atoms with Gasteiger partial charge in [0.1, 0.15) is 5.75 Å². The number of aromatic nitrogens is 2. The van der Waals surface area contributed by atoms with E-state index in [0.717, 1.165) is 40.2 Å². The predicted octanol–water partition coefficient (Wildman–Crippen LogP) is 5.26. The molecule has 2 aromatic heterocycles. The van der Waals surface area contributed by atoms with E-state index in [2.05, 4.69) is 15.0 Å². The molecule has 0 radical (unpaired) electrons. The lowest BCUT2D eigenvalue weighted by Crippen LogP contribution is -2.29. The minimum Gasteiger partial charge on any atom is -0.495 e. The van der Waals surface area contributed by atoms with E-state index in [9.17, 15) is 18.5 Å². The molecule has 0 spiro atoms. The number of methoxy groups -OCH3 is 1. The van der Waals surface area contributed by atoms with Crippen molar-refractivity contribution in [2.75, 3.05) is 23.0 Å². The zero-order valence-electron chi connectivity index (χ0n) is 23.7. The Morgan fingerprint density at radius 1 is 1.10 bits per heavy atom. The van der Waals surface area contributed by atoms with Gasteiger partial charge < -0.3 is 19.5 Å². The molecule has 5 rings (SSSR count). The van der Waals surface area contributed by atoms with E-state index < -0.39 is 14.9 Å². The molecule has 1 aliphatic rings. The molecule has 1 aliphatic heterocycles. The number of thiocarbonyl (C=S) groups is 1. The van der Waals surface area contributed by atoms with Crippen molar-refractivity contribution >= 4 is 44.4 Å². The summed E-state index contributed by atoms with van der Waals surface area (Å²) in [5, 5.41) is 15.5. The van der Waals surface area contributed by atoms with Crippen molar-refractivity contribution in [1.29, 1.82) is 0 Å². The van der Waals surface area contributed by atoms with Gasteiger partial charge in [-0.05, 0) is 86.6 Å². The second-order valence-corrected chi connectivity index (χ2v) is 12.3. The number of nitro groups is 1. The monoisotopic (exact) mass is 606 g/mol. The molecule has 0 saturated carbocycles. The number of benzene rings is 2. The Morgan fingerprint density at radius 2 is 1.86 bits per heavy atom. The highest BCUT2D eigenvalue weighted by Crippen LogP contribution is 2.45.